The zero-order valence-electron chi connectivity index (χ0n) is 9.26. The van der Waals surface area contributed by atoms with Crippen molar-refractivity contribution in [1.29, 1.82) is 0 Å². The molecule has 0 amide bonds. The predicted octanol–water partition coefficient (Wildman–Crippen LogP) is 4.06. The Kier molecular flexibility index (Phi) is 5.04. The topological polar surface area (TPSA) is 12.0 Å². The van der Waals surface area contributed by atoms with Gasteiger partial charge in [0.25, 0.3) is 0 Å². The van der Waals surface area contributed by atoms with Gasteiger partial charge < -0.3 is 5.32 Å². The van der Waals surface area contributed by atoms with Crippen LogP contribution in [0.3, 0.4) is 0 Å². The number of nitrogens with one attached hydrogen (secondary N) is 1. The van der Waals surface area contributed by atoms with E-state index in [1.807, 2.05) is 6.07 Å². The predicted molar refractivity (Wildman–Crippen MR) is 81.5 cm³/mol. The van der Waals surface area contributed by atoms with Gasteiger partial charge in [-0.3, -0.25) is 0 Å². The number of thiocarbonyl (C=S) groups is 1. The van der Waals surface area contributed by atoms with Gasteiger partial charge in [0.15, 0.2) is 0 Å². The van der Waals surface area contributed by atoms with E-state index in [0.717, 1.165) is 16.6 Å². The highest BCUT2D eigenvalue weighted by Gasteiger charge is 1.99. The fourth-order valence-electron chi connectivity index (χ4n) is 1.35. The van der Waals surface area contributed by atoms with Gasteiger partial charge in [-0.2, -0.15) is 0 Å². The maximum atomic E-state index is 5.28. The molecule has 0 unspecified atom stereocenters. The Morgan fingerprint density at radius 2 is 2.00 bits per heavy atom. The van der Waals surface area contributed by atoms with E-state index in [1.54, 1.807) is 23.1 Å². The van der Waals surface area contributed by atoms with Crippen molar-refractivity contribution in [2.45, 2.75) is 12.3 Å². The van der Waals surface area contributed by atoms with Gasteiger partial charge in [0, 0.05) is 10.6 Å². The molecule has 0 spiro atoms. The zero-order valence-corrected chi connectivity index (χ0v) is 11.7. The molecule has 1 nitrogen and oxygen atoms in total. The molecule has 0 saturated heterocycles. The smallest absolute Gasteiger partial charge is 0.134 e. The van der Waals surface area contributed by atoms with Crippen molar-refractivity contribution in [2.24, 2.45) is 0 Å². The first-order valence-corrected chi connectivity index (χ1v) is 7.59. The number of thioether (sulfide) groups is 1. The van der Waals surface area contributed by atoms with Gasteiger partial charge in [-0.05, 0) is 17.0 Å². The van der Waals surface area contributed by atoms with E-state index in [0.29, 0.717) is 0 Å². The van der Waals surface area contributed by atoms with E-state index in [4.69, 9.17) is 12.2 Å². The summed E-state index contributed by atoms with van der Waals surface area (Å²) in [6, 6.07) is 14.5. The Hall–Kier alpha value is -0.840. The van der Waals surface area contributed by atoms with Crippen LogP contribution in [0.15, 0.2) is 47.8 Å². The van der Waals surface area contributed by atoms with Crippen LogP contribution in [0.4, 0.5) is 0 Å². The molecule has 0 saturated carbocycles. The lowest BCUT2D eigenvalue weighted by Crippen LogP contribution is -2.16. The van der Waals surface area contributed by atoms with Gasteiger partial charge in [0.05, 0.1) is 6.54 Å². The molecule has 1 heterocycles. The Bertz CT molecular complexity index is 451. The molecule has 1 aromatic carbocycles. The first-order chi connectivity index (χ1) is 8.34. The molecule has 2 aromatic rings. The van der Waals surface area contributed by atoms with Crippen LogP contribution in [0.5, 0.6) is 0 Å². The van der Waals surface area contributed by atoms with Crippen molar-refractivity contribution in [3.05, 3.63) is 58.3 Å². The molecule has 0 fully saturated rings. The molecule has 0 aliphatic carbocycles. The molecule has 1 N–H and O–H groups in total. The second-order valence-electron chi connectivity index (χ2n) is 3.49. The summed E-state index contributed by atoms with van der Waals surface area (Å²) >= 11 is 8.71. The van der Waals surface area contributed by atoms with Crippen molar-refractivity contribution in [1.82, 2.24) is 5.32 Å². The maximum absolute atomic E-state index is 5.28. The highest BCUT2D eigenvalue weighted by atomic mass is 32.2. The van der Waals surface area contributed by atoms with Gasteiger partial charge in [0.2, 0.25) is 0 Å². The Morgan fingerprint density at radius 1 is 1.18 bits per heavy atom. The standard InChI is InChI=1S/C13H13NS3/c15-13(14-9-12-7-4-8-16-12)17-10-11-5-2-1-3-6-11/h1-8H,9-10H2,(H,14,15). The molecule has 88 valence electrons. The third kappa shape index (κ3) is 4.50. The highest BCUT2D eigenvalue weighted by Crippen LogP contribution is 2.14. The average molecular weight is 279 g/mol. The molecular formula is C13H13NS3. The van der Waals surface area contributed by atoms with E-state index in [1.165, 1.54) is 10.4 Å². The van der Waals surface area contributed by atoms with Crippen LogP contribution >= 0.6 is 35.3 Å². The summed E-state index contributed by atoms with van der Waals surface area (Å²) in [7, 11) is 0. The van der Waals surface area contributed by atoms with Gasteiger partial charge in [-0.1, -0.05) is 60.4 Å². The molecule has 0 aliphatic heterocycles. The summed E-state index contributed by atoms with van der Waals surface area (Å²) in [4.78, 5) is 1.31. The van der Waals surface area contributed by atoms with E-state index >= 15 is 0 Å². The molecule has 17 heavy (non-hydrogen) atoms. The molecule has 1 aromatic heterocycles. The van der Waals surface area contributed by atoms with Gasteiger partial charge >= 0.3 is 0 Å². The number of hydrogen-bond acceptors (Lipinski definition) is 3. The van der Waals surface area contributed by atoms with E-state index in [-0.39, 0.29) is 0 Å². The van der Waals surface area contributed by atoms with Crippen molar-refractivity contribution in [3.63, 3.8) is 0 Å². The van der Waals surface area contributed by atoms with Crippen molar-refractivity contribution in [3.8, 4) is 0 Å². The quantitative estimate of drug-likeness (QED) is 0.848. The summed E-state index contributed by atoms with van der Waals surface area (Å²) in [5.41, 5.74) is 1.30. The zero-order chi connectivity index (χ0) is 11.9. The summed E-state index contributed by atoms with van der Waals surface area (Å²) < 4.78 is 0.863. The van der Waals surface area contributed by atoms with E-state index in [2.05, 4.69) is 47.1 Å². The average Bonchev–Trinajstić information content (AvgIpc) is 2.88. The number of benzene rings is 1. The lowest BCUT2D eigenvalue weighted by atomic mass is 10.2. The normalized spacial score (nSPS) is 10.1. The molecule has 2 rings (SSSR count). The van der Waals surface area contributed by atoms with Crippen LogP contribution < -0.4 is 5.32 Å². The number of thiophene rings is 1. The highest BCUT2D eigenvalue weighted by molar-refractivity contribution is 8.22. The second-order valence-corrected chi connectivity index (χ2v) is 6.18. The van der Waals surface area contributed by atoms with Crippen molar-refractivity contribution < 1.29 is 0 Å². The summed E-state index contributed by atoms with van der Waals surface area (Å²) in [5, 5.41) is 5.34. The van der Waals surface area contributed by atoms with Crippen LogP contribution in [-0.2, 0) is 12.3 Å². The molecule has 0 aliphatic rings. The SMILES string of the molecule is S=C(NCc1cccs1)SCc1ccccc1. The van der Waals surface area contributed by atoms with Crippen LogP contribution in [-0.4, -0.2) is 4.32 Å². The van der Waals surface area contributed by atoms with Crippen LogP contribution in [0, 0.1) is 0 Å². The molecular weight excluding hydrogens is 266 g/mol. The van der Waals surface area contributed by atoms with Crippen LogP contribution in [0.1, 0.15) is 10.4 Å². The van der Waals surface area contributed by atoms with Crippen molar-refractivity contribution >= 4 is 39.6 Å². The van der Waals surface area contributed by atoms with Crippen molar-refractivity contribution in [2.75, 3.05) is 0 Å². The summed E-state index contributed by atoms with van der Waals surface area (Å²) in [5.74, 6) is 0.928. The molecule has 4 heteroatoms. The maximum Gasteiger partial charge on any atom is 0.134 e. The largest absolute Gasteiger partial charge is 0.366 e. The summed E-state index contributed by atoms with van der Waals surface area (Å²) in [6.45, 7) is 0.832. The minimum Gasteiger partial charge on any atom is -0.366 e. The molecule has 0 radical (unpaired) electrons. The minimum atomic E-state index is 0.832. The fourth-order valence-corrected chi connectivity index (χ4v) is 2.90. The minimum absolute atomic E-state index is 0.832. The van der Waals surface area contributed by atoms with Gasteiger partial charge in [-0.25, -0.2) is 0 Å². The Labute approximate surface area is 115 Å². The fraction of sp³-hybridized carbons (Fsp3) is 0.154. The van der Waals surface area contributed by atoms with E-state index in [9.17, 15) is 0 Å². The number of rotatable bonds is 4. The van der Waals surface area contributed by atoms with Crippen LogP contribution in [0.25, 0.3) is 0 Å². The summed E-state index contributed by atoms with van der Waals surface area (Å²) in [6.07, 6.45) is 0. The van der Waals surface area contributed by atoms with Gasteiger partial charge in [-0.15, -0.1) is 11.3 Å². The first kappa shape index (κ1) is 12.6. The lowest BCUT2D eigenvalue weighted by molar-refractivity contribution is 0.962. The van der Waals surface area contributed by atoms with E-state index < -0.39 is 0 Å². The van der Waals surface area contributed by atoms with Gasteiger partial charge in [0.1, 0.15) is 4.32 Å². The number of hydrogen-bond donors (Lipinski definition) is 1. The third-order valence-electron chi connectivity index (χ3n) is 2.20. The Morgan fingerprint density at radius 3 is 2.71 bits per heavy atom. The third-order valence-corrected chi connectivity index (χ3v) is 4.46. The lowest BCUT2D eigenvalue weighted by Gasteiger charge is -2.06. The monoisotopic (exact) mass is 279 g/mol. The van der Waals surface area contributed by atoms with Crippen LogP contribution in [0.2, 0.25) is 0 Å². The molecule has 0 atom stereocenters. The first-order valence-electron chi connectivity index (χ1n) is 5.31. The second kappa shape index (κ2) is 6.79. The molecule has 0 bridgehead atoms. The Balaban J connectivity index is 1.71.